The summed E-state index contributed by atoms with van der Waals surface area (Å²) in [4.78, 5) is 11.1. The lowest BCUT2D eigenvalue weighted by atomic mass is 10.1. The van der Waals surface area contributed by atoms with Crippen molar-refractivity contribution in [1.29, 1.82) is 0 Å². The SMILES string of the molecule is CCSCCS(=O)(=O)c1cc(C(=O)O)ccc1CC. The molecule has 0 unspecified atom stereocenters. The van der Waals surface area contributed by atoms with Crippen LogP contribution in [0.15, 0.2) is 23.1 Å². The first kappa shape index (κ1) is 16.0. The van der Waals surface area contributed by atoms with E-state index in [1.165, 1.54) is 12.1 Å². The van der Waals surface area contributed by atoms with Gasteiger partial charge >= 0.3 is 5.97 Å². The Morgan fingerprint density at radius 2 is 2.00 bits per heavy atom. The topological polar surface area (TPSA) is 71.4 Å². The van der Waals surface area contributed by atoms with Crippen molar-refractivity contribution in [3.8, 4) is 0 Å². The van der Waals surface area contributed by atoms with E-state index in [-0.39, 0.29) is 16.2 Å². The number of aryl methyl sites for hydroxylation is 1. The molecule has 1 N–H and O–H groups in total. The van der Waals surface area contributed by atoms with Gasteiger partial charge in [0.1, 0.15) is 0 Å². The van der Waals surface area contributed by atoms with Crippen molar-refractivity contribution in [3.05, 3.63) is 29.3 Å². The lowest BCUT2D eigenvalue weighted by Crippen LogP contribution is -2.12. The predicted molar refractivity (Wildman–Crippen MR) is 77.8 cm³/mol. The second-order valence-electron chi connectivity index (χ2n) is 4.00. The quantitative estimate of drug-likeness (QED) is 0.783. The maximum absolute atomic E-state index is 12.3. The summed E-state index contributed by atoms with van der Waals surface area (Å²) < 4.78 is 24.5. The Balaban J connectivity index is 3.15. The molecule has 0 saturated heterocycles. The molecule has 0 spiro atoms. The van der Waals surface area contributed by atoms with Crippen molar-refractivity contribution < 1.29 is 18.3 Å². The van der Waals surface area contributed by atoms with E-state index in [0.717, 1.165) is 5.75 Å². The first-order valence-corrected chi connectivity index (χ1v) is 8.89. The summed E-state index contributed by atoms with van der Waals surface area (Å²) in [6, 6.07) is 4.30. The molecule has 0 fully saturated rings. The molecule has 1 aromatic carbocycles. The zero-order chi connectivity index (χ0) is 14.5. The number of hydrogen-bond donors (Lipinski definition) is 1. The van der Waals surface area contributed by atoms with Crippen LogP contribution in [0.5, 0.6) is 0 Å². The van der Waals surface area contributed by atoms with Gasteiger partial charge in [0.15, 0.2) is 9.84 Å². The highest BCUT2D eigenvalue weighted by molar-refractivity contribution is 8.00. The van der Waals surface area contributed by atoms with Gasteiger partial charge in [-0.15, -0.1) is 0 Å². The van der Waals surface area contributed by atoms with Crippen LogP contribution in [0, 0.1) is 0 Å². The number of rotatable bonds is 7. The third kappa shape index (κ3) is 4.24. The minimum Gasteiger partial charge on any atom is -0.478 e. The fourth-order valence-corrected chi connectivity index (χ4v) is 4.47. The van der Waals surface area contributed by atoms with Crippen LogP contribution in [0.1, 0.15) is 29.8 Å². The number of benzene rings is 1. The van der Waals surface area contributed by atoms with Gasteiger partial charge in [-0.25, -0.2) is 13.2 Å². The zero-order valence-electron chi connectivity index (χ0n) is 11.0. The average molecular weight is 302 g/mol. The smallest absolute Gasteiger partial charge is 0.335 e. The van der Waals surface area contributed by atoms with E-state index >= 15 is 0 Å². The summed E-state index contributed by atoms with van der Waals surface area (Å²) in [5.41, 5.74) is 0.686. The van der Waals surface area contributed by atoms with E-state index in [9.17, 15) is 13.2 Å². The normalized spacial score (nSPS) is 11.5. The number of carboxylic acid groups (broad SMARTS) is 1. The number of hydrogen-bond acceptors (Lipinski definition) is 4. The summed E-state index contributed by atoms with van der Waals surface area (Å²) in [6.07, 6.45) is 0.565. The van der Waals surface area contributed by atoms with Gasteiger partial charge in [0.2, 0.25) is 0 Å². The minimum absolute atomic E-state index is 0.0129. The Morgan fingerprint density at radius 1 is 1.32 bits per heavy atom. The molecule has 0 radical (unpaired) electrons. The molecule has 0 aromatic heterocycles. The summed E-state index contributed by atoms with van der Waals surface area (Å²) in [5, 5.41) is 8.95. The molecule has 1 aromatic rings. The molecule has 0 aliphatic heterocycles. The minimum atomic E-state index is -3.42. The first-order valence-electron chi connectivity index (χ1n) is 6.09. The van der Waals surface area contributed by atoms with E-state index in [1.807, 2.05) is 13.8 Å². The summed E-state index contributed by atoms with van der Waals surface area (Å²) >= 11 is 1.56. The predicted octanol–water partition coefficient (Wildman–Crippen LogP) is 2.47. The van der Waals surface area contributed by atoms with Gasteiger partial charge in [-0.2, -0.15) is 11.8 Å². The summed E-state index contributed by atoms with van der Waals surface area (Å²) in [5.74, 6) is 0.327. The van der Waals surface area contributed by atoms with Crippen molar-refractivity contribution in [3.63, 3.8) is 0 Å². The molecule has 0 bridgehead atoms. The summed E-state index contributed by atoms with van der Waals surface area (Å²) in [6.45, 7) is 3.83. The molecule has 0 heterocycles. The molecule has 4 nitrogen and oxygen atoms in total. The van der Waals surface area contributed by atoms with Gasteiger partial charge in [-0.05, 0) is 29.9 Å². The highest BCUT2D eigenvalue weighted by Gasteiger charge is 2.19. The number of carbonyl (C=O) groups is 1. The lowest BCUT2D eigenvalue weighted by molar-refractivity contribution is 0.0696. The van der Waals surface area contributed by atoms with E-state index in [4.69, 9.17) is 5.11 Å². The van der Waals surface area contributed by atoms with Crippen molar-refractivity contribution in [2.45, 2.75) is 25.2 Å². The molecular formula is C13H18O4S2. The molecule has 106 valence electrons. The third-order valence-corrected chi connectivity index (χ3v) is 5.68. The Hall–Kier alpha value is -1.01. The van der Waals surface area contributed by atoms with Gasteiger partial charge in [0.25, 0.3) is 0 Å². The largest absolute Gasteiger partial charge is 0.478 e. The van der Waals surface area contributed by atoms with Crippen molar-refractivity contribution in [2.24, 2.45) is 0 Å². The maximum Gasteiger partial charge on any atom is 0.335 e. The third-order valence-electron chi connectivity index (χ3n) is 2.73. The fraction of sp³-hybridized carbons (Fsp3) is 0.462. The monoisotopic (exact) mass is 302 g/mol. The molecule has 0 amide bonds. The van der Waals surface area contributed by atoms with Crippen LogP contribution in [0.3, 0.4) is 0 Å². The van der Waals surface area contributed by atoms with E-state index in [2.05, 4.69) is 0 Å². The van der Waals surface area contributed by atoms with Crippen LogP contribution in [0.2, 0.25) is 0 Å². The van der Waals surface area contributed by atoms with Crippen LogP contribution in [-0.2, 0) is 16.3 Å². The lowest BCUT2D eigenvalue weighted by Gasteiger charge is -2.10. The Kier molecular flexibility index (Phi) is 5.87. The van der Waals surface area contributed by atoms with Crippen molar-refractivity contribution >= 4 is 27.6 Å². The first-order chi connectivity index (χ1) is 8.92. The van der Waals surface area contributed by atoms with Crippen LogP contribution in [0.4, 0.5) is 0 Å². The molecular weight excluding hydrogens is 284 g/mol. The van der Waals surface area contributed by atoms with Crippen molar-refractivity contribution in [2.75, 3.05) is 17.3 Å². The Morgan fingerprint density at radius 3 is 2.53 bits per heavy atom. The number of carboxylic acids is 1. The highest BCUT2D eigenvalue weighted by Crippen LogP contribution is 2.21. The van der Waals surface area contributed by atoms with Gasteiger partial charge in [0.05, 0.1) is 16.2 Å². The highest BCUT2D eigenvalue weighted by atomic mass is 32.2. The molecule has 0 aliphatic carbocycles. The standard InChI is InChI=1S/C13H18O4S2/c1-3-10-5-6-11(13(14)15)9-12(10)19(16,17)8-7-18-4-2/h5-6,9H,3-4,7-8H2,1-2H3,(H,14,15). The Bertz CT molecular complexity index is 550. The molecule has 6 heteroatoms. The molecule has 0 aliphatic rings. The second-order valence-corrected chi connectivity index (χ2v) is 7.47. The van der Waals surface area contributed by atoms with Gasteiger partial charge < -0.3 is 5.11 Å². The molecule has 19 heavy (non-hydrogen) atoms. The maximum atomic E-state index is 12.3. The van der Waals surface area contributed by atoms with Crippen LogP contribution in [-0.4, -0.2) is 36.8 Å². The van der Waals surface area contributed by atoms with Gasteiger partial charge in [-0.1, -0.05) is 19.9 Å². The molecule has 0 atom stereocenters. The number of aromatic carboxylic acids is 1. The van der Waals surface area contributed by atoms with E-state index in [0.29, 0.717) is 17.7 Å². The average Bonchev–Trinajstić information content (AvgIpc) is 2.38. The number of sulfone groups is 1. The zero-order valence-corrected chi connectivity index (χ0v) is 12.7. The second kappa shape index (κ2) is 6.96. The van der Waals surface area contributed by atoms with E-state index in [1.54, 1.807) is 17.8 Å². The number of thioether (sulfide) groups is 1. The van der Waals surface area contributed by atoms with Gasteiger partial charge in [0, 0.05) is 5.75 Å². The van der Waals surface area contributed by atoms with Crippen molar-refractivity contribution in [1.82, 2.24) is 0 Å². The molecule has 0 saturated carbocycles. The van der Waals surface area contributed by atoms with Crippen LogP contribution >= 0.6 is 11.8 Å². The van der Waals surface area contributed by atoms with Crippen LogP contribution < -0.4 is 0 Å². The summed E-state index contributed by atoms with van der Waals surface area (Å²) in [7, 11) is -3.42. The Labute approximate surface area is 118 Å². The van der Waals surface area contributed by atoms with Crippen LogP contribution in [0.25, 0.3) is 0 Å². The fourth-order valence-electron chi connectivity index (χ4n) is 1.69. The van der Waals surface area contributed by atoms with E-state index < -0.39 is 15.8 Å². The molecule has 1 rings (SSSR count). The van der Waals surface area contributed by atoms with Gasteiger partial charge in [-0.3, -0.25) is 0 Å².